The quantitative estimate of drug-likeness (QED) is 0.809. The number of hydrogen-bond donors (Lipinski definition) is 1. The Hall–Kier alpha value is -2.34. The third kappa shape index (κ3) is 4.69. The third-order valence-corrected chi connectivity index (χ3v) is 5.26. The number of nitrogens with one attached hydrogen (secondary N) is 1. The van der Waals surface area contributed by atoms with Gasteiger partial charge in [-0.1, -0.05) is 24.2 Å². The van der Waals surface area contributed by atoms with Crippen LogP contribution in [0.25, 0.3) is 0 Å². The molecule has 1 aliphatic rings. The van der Waals surface area contributed by atoms with Crippen LogP contribution in [-0.4, -0.2) is 42.1 Å². The summed E-state index contributed by atoms with van der Waals surface area (Å²) in [5, 5.41) is 7.36. The molecular formula is C21H29N3O3. The zero-order valence-electron chi connectivity index (χ0n) is 16.5. The number of aromatic nitrogens is 1. The molecular weight excluding hydrogens is 342 g/mol. The van der Waals surface area contributed by atoms with Crippen LogP contribution in [0.1, 0.15) is 47.1 Å². The van der Waals surface area contributed by atoms with Gasteiger partial charge in [-0.2, -0.15) is 0 Å². The third-order valence-electron chi connectivity index (χ3n) is 5.26. The van der Waals surface area contributed by atoms with Crippen LogP contribution in [-0.2, 0) is 6.61 Å². The molecule has 2 heterocycles. The van der Waals surface area contributed by atoms with Crippen LogP contribution in [0, 0.1) is 19.8 Å². The van der Waals surface area contributed by atoms with Crippen molar-refractivity contribution in [3.8, 4) is 5.75 Å². The maximum absolute atomic E-state index is 13.0. The molecule has 1 aliphatic heterocycles. The van der Waals surface area contributed by atoms with E-state index in [9.17, 15) is 4.79 Å². The lowest BCUT2D eigenvalue weighted by Gasteiger charge is -2.32. The van der Waals surface area contributed by atoms with Gasteiger partial charge in [0.05, 0.1) is 16.8 Å². The summed E-state index contributed by atoms with van der Waals surface area (Å²) in [6.45, 7) is 9.86. The first-order chi connectivity index (χ1) is 13.1. The number of likely N-dealkylation sites (tertiary alicyclic amines) is 1. The van der Waals surface area contributed by atoms with Crippen LogP contribution in [0.2, 0.25) is 0 Å². The molecule has 6 heteroatoms. The number of rotatable bonds is 7. The number of ether oxygens (including phenoxy) is 1. The number of nitrogens with zero attached hydrogens (tertiary/aromatic N) is 2. The Morgan fingerprint density at radius 3 is 2.70 bits per heavy atom. The second-order valence-electron chi connectivity index (χ2n) is 7.13. The van der Waals surface area contributed by atoms with Crippen molar-refractivity contribution in [3.63, 3.8) is 0 Å². The van der Waals surface area contributed by atoms with Crippen LogP contribution < -0.4 is 10.1 Å². The van der Waals surface area contributed by atoms with Crippen LogP contribution >= 0.6 is 0 Å². The van der Waals surface area contributed by atoms with E-state index in [0.717, 1.165) is 56.0 Å². The maximum Gasteiger partial charge on any atom is 0.257 e. The molecule has 0 unspecified atom stereocenters. The molecule has 1 fully saturated rings. The Bertz CT molecular complexity index is 744. The Morgan fingerprint density at radius 1 is 1.30 bits per heavy atom. The fourth-order valence-corrected chi connectivity index (χ4v) is 3.49. The molecule has 0 saturated carbocycles. The highest BCUT2D eigenvalue weighted by Crippen LogP contribution is 2.25. The standard InChI is InChI=1S/C21H29N3O3/c1-4-22-13-17-9-11-24(12-10-17)21(25)18-7-5-6-8-20(18)26-14-19-15(2)23-27-16(19)3/h5-8,17,22H,4,9-14H2,1-3H3. The van der Waals surface area contributed by atoms with Gasteiger partial charge in [-0.15, -0.1) is 0 Å². The van der Waals surface area contributed by atoms with E-state index in [-0.39, 0.29) is 5.91 Å². The van der Waals surface area contributed by atoms with E-state index in [2.05, 4.69) is 17.4 Å². The van der Waals surface area contributed by atoms with Crippen molar-refractivity contribution in [2.24, 2.45) is 5.92 Å². The molecule has 27 heavy (non-hydrogen) atoms. The lowest BCUT2D eigenvalue weighted by Crippen LogP contribution is -2.40. The van der Waals surface area contributed by atoms with Gasteiger partial charge in [0.25, 0.3) is 5.91 Å². The zero-order chi connectivity index (χ0) is 19.2. The van der Waals surface area contributed by atoms with Crippen molar-refractivity contribution >= 4 is 5.91 Å². The van der Waals surface area contributed by atoms with Gasteiger partial charge in [0.15, 0.2) is 0 Å². The van der Waals surface area contributed by atoms with Gasteiger partial charge in [0.2, 0.25) is 0 Å². The molecule has 0 aliphatic carbocycles. The maximum atomic E-state index is 13.0. The minimum atomic E-state index is 0.0475. The summed E-state index contributed by atoms with van der Waals surface area (Å²) >= 11 is 0. The topological polar surface area (TPSA) is 67.6 Å². The molecule has 0 spiro atoms. The van der Waals surface area contributed by atoms with Gasteiger partial charge in [0, 0.05) is 13.1 Å². The van der Waals surface area contributed by atoms with Gasteiger partial charge >= 0.3 is 0 Å². The number of hydrogen-bond acceptors (Lipinski definition) is 5. The highest BCUT2D eigenvalue weighted by molar-refractivity contribution is 5.97. The van der Waals surface area contributed by atoms with Gasteiger partial charge in [-0.3, -0.25) is 4.79 Å². The predicted molar refractivity (Wildman–Crippen MR) is 104 cm³/mol. The molecule has 2 aromatic rings. The van der Waals surface area contributed by atoms with Crippen molar-refractivity contribution in [1.29, 1.82) is 0 Å². The number of para-hydroxylation sites is 1. The summed E-state index contributed by atoms with van der Waals surface area (Å²) < 4.78 is 11.2. The second kappa shape index (κ2) is 9.04. The van der Waals surface area contributed by atoms with Gasteiger partial charge in [-0.05, 0) is 57.8 Å². The number of carbonyl (C=O) groups excluding carboxylic acids is 1. The first kappa shape index (κ1) is 19.4. The minimum absolute atomic E-state index is 0.0475. The summed E-state index contributed by atoms with van der Waals surface area (Å²) in [6.07, 6.45) is 2.09. The zero-order valence-corrected chi connectivity index (χ0v) is 16.5. The summed E-state index contributed by atoms with van der Waals surface area (Å²) in [7, 11) is 0. The van der Waals surface area contributed by atoms with Crippen molar-refractivity contribution in [3.05, 3.63) is 46.8 Å². The number of carbonyl (C=O) groups is 1. The van der Waals surface area contributed by atoms with E-state index >= 15 is 0 Å². The Balaban J connectivity index is 1.64. The van der Waals surface area contributed by atoms with E-state index in [1.165, 1.54) is 0 Å². The molecule has 0 radical (unpaired) electrons. The number of benzene rings is 1. The number of amides is 1. The van der Waals surface area contributed by atoms with Crippen LogP contribution in [0.4, 0.5) is 0 Å². The molecule has 146 valence electrons. The molecule has 1 amide bonds. The molecule has 0 atom stereocenters. The van der Waals surface area contributed by atoms with Gasteiger partial charge < -0.3 is 19.5 Å². The van der Waals surface area contributed by atoms with E-state index in [4.69, 9.17) is 9.26 Å². The molecule has 6 nitrogen and oxygen atoms in total. The first-order valence-corrected chi connectivity index (χ1v) is 9.73. The van der Waals surface area contributed by atoms with Crippen LogP contribution in [0.15, 0.2) is 28.8 Å². The monoisotopic (exact) mass is 371 g/mol. The fraction of sp³-hybridized carbons (Fsp3) is 0.524. The lowest BCUT2D eigenvalue weighted by atomic mass is 9.96. The van der Waals surface area contributed by atoms with Gasteiger partial charge in [0.1, 0.15) is 18.1 Å². The summed E-state index contributed by atoms with van der Waals surface area (Å²) in [5.41, 5.74) is 2.37. The average Bonchev–Trinajstić information content (AvgIpc) is 3.02. The minimum Gasteiger partial charge on any atom is -0.488 e. The Labute approximate surface area is 160 Å². The summed E-state index contributed by atoms with van der Waals surface area (Å²) in [4.78, 5) is 15.0. The normalized spacial score (nSPS) is 15.1. The van der Waals surface area contributed by atoms with Crippen molar-refractivity contribution in [1.82, 2.24) is 15.4 Å². The number of piperidine rings is 1. The highest BCUT2D eigenvalue weighted by atomic mass is 16.5. The van der Waals surface area contributed by atoms with Crippen molar-refractivity contribution in [2.45, 2.75) is 40.2 Å². The average molecular weight is 371 g/mol. The van der Waals surface area contributed by atoms with E-state index < -0.39 is 0 Å². The highest BCUT2D eigenvalue weighted by Gasteiger charge is 2.25. The molecule has 0 bridgehead atoms. The molecule has 1 aromatic carbocycles. The molecule has 3 rings (SSSR count). The fourth-order valence-electron chi connectivity index (χ4n) is 3.49. The van der Waals surface area contributed by atoms with Crippen LogP contribution in [0.3, 0.4) is 0 Å². The van der Waals surface area contributed by atoms with Crippen LogP contribution in [0.5, 0.6) is 5.75 Å². The smallest absolute Gasteiger partial charge is 0.257 e. The Morgan fingerprint density at radius 2 is 2.04 bits per heavy atom. The van der Waals surface area contributed by atoms with Crippen molar-refractivity contribution in [2.75, 3.05) is 26.2 Å². The van der Waals surface area contributed by atoms with E-state index in [1.807, 2.05) is 43.0 Å². The van der Waals surface area contributed by atoms with E-state index in [0.29, 0.717) is 23.8 Å². The predicted octanol–water partition coefficient (Wildman–Crippen LogP) is 3.33. The summed E-state index contributed by atoms with van der Waals surface area (Å²) in [5.74, 6) is 2.06. The SMILES string of the molecule is CCNCC1CCN(C(=O)c2ccccc2OCc2c(C)noc2C)CC1. The largest absolute Gasteiger partial charge is 0.488 e. The van der Waals surface area contributed by atoms with Gasteiger partial charge in [-0.25, -0.2) is 0 Å². The van der Waals surface area contributed by atoms with E-state index in [1.54, 1.807) is 0 Å². The second-order valence-corrected chi connectivity index (χ2v) is 7.13. The van der Waals surface area contributed by atoms with Crippen molar-refractivity contribution < 1.29 is 14.1 Å². The molecule has 1 aromatic heterocycles. The summed E-state index contributed by atoms with van der Waals surface area (Å²) in [6, 6.07) is 7.47. The Kier molecular flexibility index (Phi) is 6.50. The number of aryl methyl sites for hydroxylation is 2. The molecule has 1 saturated heterocycles. The first-order valence-electron chi connectivity index (χ1n) is 9.73. The molecule has 1 N–H and O–H groups in total. The lowest BCUT2D eigenvalue weighted by molar-refractivity contribution is 0.0685.